The van der Waals surface area contributed by atoms with Crippen LogP contribution in [-0.2, 0) is 22.6 Å². The number of rotatable bonds is 1. The maximum atomic E-state index is 15.7. The van der Waals surface area contributed by atoms with Gasteiger partial charge in [-0.05, 0) is 82.8 Å². The van der Waals surface area contributed by atoms with Crippen molar-refractivity contribution in [2.45, 2.75) is 69.4 Å². The smallest absolute Gasteiger partial charge is 0.276 e. The molecule has 3 aliphatic heterocycles. The highest BCUT2D eigenvalue weighted by Crippen LogP contribution is 2.47. The normalized spacial score (nSPS) is 26.0. The first-order valence-corrected chi connectivity index (χ1v) is 14.7. The Labute approximate surface area is 238 Å². The van der Waals surface area contributed by atoms with Crippen LogP contribution in [0, 0.1) is 17.2 Å². The predicted molar refractivity (Wildman–Crippen MR) is 152 cm³/mol. The molecule has 5 heterocycles. The number of aromatic nitrogens is 3. The lowest BCUT2D eigenvalue weighted by atomic mass is 9.85. The summed E-state index contributed by atoms with van der Waals surface area (Å²) in [7, 11) is 0. The molecule has 0 radical (unpaired) electrons. The number of hydrogen-bond acceptors (Lipinski definition) is 7. The molecule has 1 aromatic carbocycles. The van der Waals surface area contributed by atoms with E-state index in [1.807, 2.05) is 13.0 Å². The van der Waals surface area contributed by atoms with Gasteiger partial charge < -0.3 is 15.0 Å². The van der Waals surface area contributed by atoms with Gasteiger partial charge in [0, 0.05) is 29.7 Å². The van der Waals surface area contributed by atoms with Crippen molar-refractivity contribution in [3.63, 3.8) is 0 Å². The molecule has 1 saturated heterocycles. The van der Waals surface area contributed by atoms with E-state index in [0.717, 1.165) is 24.9 Å². The molecular weight excluding hydrogens is 526 g/mol. The Bertz CT molecular complexity index is 1520. The molecule has 41 heavy (non-hydrogen) atoms. The van der Waals surface area contributed by atoms with E-state index in [1.54, 1.807) is 22.8 Å². The summed E-state index contributed by atoms with van der Waals surface area (Å²) in [5, 5.41) is 13.9. The Hall–Kier alpha value is -3.42. The van der Waals surface area contributed by atoms with Crippen molar-refractivity contribution in [3.8, 4) is 6.07 Å². The lowest BCUT2D eigenvalue weighted by molar-refractivity contribution is -0.0856. The molecule has 8 bridgehead atoms. The van der Waals surface area contributed by atoms with E-state index in [4.69, 9.17) is 4.74 Å². The SMILES string of the molecule is C[C@H]1Nc2ncnc3c2cc(C2(C#N)CC2)c(=O)n3CCOCCCCN2CCC(CC2)C(F)(F)c2cccc1c2. The summed E-state index contributed by atoms with van der Waals surface area (Å²) in [6.45, 7) is 5.32. The van der Waals surface area contributed by atoms with Gasteiger partial charge in [0.25, 0.3) is 11.5 Å². The van der Waals surface area contributed by atoms with E-state index < -0.39 is 17.3 Å². The predicted octanol–water partition coefficient (Wildman–Crippen LogP) is 5.13. The summed E-state index contributed by atoms with van der Waals surface area (Å²) in [6, 6.07) is 10.4. The molecule has 2 aromatic heterocycles. The highest BCUT2D eigenvalue weighted by atomic mass is 19.3. The van der Waals surface area contributed by atoms with Crippen LogP contribution in [0.2, 0.25) is 0 Å². The van der Waals surface area contributed by atoms with Crippen LogP contribution in [0.1, 0.15) is 68.2 Å². The van der Waals surface area contributed by atoms with Crippen LogP contribution in [0.3, 0.4) is 0 Å². The maximum Gasteiger partial charge on any atom is 0.276 e. The summed E-state index contributed by atoms with van der Waals surface area (Å²) < 4.78 is 39.0. The van der Waals surface area contributed by atoms with E-state index >= 15 is 8.78 Å². The third-order valence-electron chi connectivity index (χ3n) is 9.06. The van der Waals surface area contributed by atoms with Gasteiger partial charge >= 0.3 is 0 Å². The van der Waals surface area contributed by atoms with E-state index in [1.165, 1.54) is 12.4 Å². The number of halogens is 2. The number of benzene rings is 1. The van der Waals surface area contributed by atoms with Crippen LogP contribution in [0.4, 0.5) is 14.6 Å². The molecule has 0 spiro atoms. The van der Waals surface area contributed by atoms with E-state index in [-0.39, 0.29) is 17.2 Å². The fourth-order valence-corrected chi connectivity index (χ4v) is 6.27. The number of alkyl halides is 2. The second-order valence-electron chi connectivity index (χ2n) is 11.7. The van der Waals surface area contributed by atoms with Crippen molar-refractivity contribution in [2.24, 2.45) is 5.92 Å². The van der Waals surface area contributed by atoms with Crippen molar-refractivity contribution in [1.82, 2.24) is 19.4 Å². The third-order valence-corrected chi connectivity index (χ3v) is 9.06. The summed E-state index contributed by atoms with van der Waals surface area (Å²) in [5.41, 5.74) is 0.634. The van der Waals surface area contributed by atoms with Crippen molar-refractivity contribution in [1.29, 1.82) is 5.26 Å². The molecule has 1 N–H and O–H groups in total. The topological polar surface area (TPSA) is 96.1 Å². The average Bonchev–Trinajstić information content (AvgIpc) is 3.78. The zero-order valence-electron chi connectivity index (χ0n) is 23.4. The number of hydrogen-bond donors (Lipinski definition) is 1. The molecule has 1 atom stereocenters. The number of pyridine rings is 1. The quantitative estimate of drug-likeness (QED) is 0.439. The minimum Gasteiger partial charge on any atom is -0.380 e. The standard InChI is InChI=1S/C31H36F2N6O2/c1-21-22-5-4-6-24(17-22)31(32,33)23-7-12-38(13-8-23)11-2-3-15-41-16-14-39-28-25(27(37-21)35-20-36-28)18-26(29(39)40)30(19-34)9-10-30/h4-6,17-18,20-21,23H,2-3,7-16H2,1H3,(H,35,36,37)/t21-/m1/s1. The molecule has 2 fully saturated rings. The number of ether oxygens (including phenoxy) is 1. The van der Waals surface area contributed by atoms with Crippen LogP contribution in [0.5, 0.6) is 0 Å². The molecule has 3 aromatic rings. The van der Waals surface area contributed by atoms with Gasteiger partial charge in [0.05, 0.1) is 30.0 Å². The lowest BCUT2D eigenvalue weighted by Gasteiger charge is -2.36. The van der Waals surface area contributed by atoms with Crippen molar-refractivity contribution < 1.29 is 13.5 Å². The first-order valence-electron chi connectivity index (χ1n) is 14.7. The second kappa shape index (κ2) is 11.1. The molecule has 8 nitrogen and oxygen atoms in total. The number of nitrogens with zero attached hydrogens (tertiary/aromatic N) is 5. The van der Waals surface area contributed by atoms with Gasteiger partial charge in [-0.1, -0.05) is 18.2 Å². The molecule has 0 amide bonds. The van der Waals surface area contributed by atoms with Gasteiger partial charge in [0.2, 0.25) is 0 Å². The molecule has 1 saturated carbocycles. The molecule has 7 rings (SSSR count). The second-order valence-corrected chi connectivity index (χ2v) is 11.7. The van der Waals surface area contributed by atoms with E-state index in [9.17, 15) is 10.1 Å². The van der Waals surface area contributed by atoms with Gasteiger partial charge in [-0.2, -0.15) is 5.26 Å². The number of nitrogens with one attached hydrogen (secondary N) is 1. The van der Waals surface area contributed by atoms with Crippen molar-refractivity contribution >= 4 is 16.9 Å². The zero-order valence-corrected chi connectivity index (χ0v) is 23.4. The molecule has 216 valence electrons. The minimum atomic E-state index is -2.92. The largest absolute Gasteiger partial charge is 0.380 e. The van der Waals surface area contributed by atoms with Gasteiger partial charge in [0.15, 0.2) is 0 Å². The van der Waals surface area contributed by atoms with Crippen LogP contribution in [0.25, 0.3) is 11.0 Å². The highest BCUT2D eigenvalue weighted by Gasteiger charge is 2.47. The van der Waals surface area contributed by atoms with Crippen LogP contribution in [0.15, 0.2) is 41.5 Å². The molecule has 10 heteroatoms. The summed E-state index contributed by atoms with van der Waals surface area (Å²) in [5.74, 6) is -3.12. The molecule has 0 unspecified atom stereocenters. The van der Waals surface area contributed by atoms with Crippen LogP contribution >= 0.6 is 0 Å². The Morgan fingerprint density at radius 1 is 1.07 bits per heavy atom. The van der Waals surface area contributed by atoms with Crippen molar-refractivity contribution in [3.05, 3.63) is 63.7 Å². The molecule has 4 aliphatic rings. The Morgan fingerprint density at radius 3 is 2.63 bits per heavy atom. The average molecular weight is 563 g/mol. The zero-order chi connectivity index (χ0) is 28.6. The maximum absolute atomic E-state index is 15.7. The number of fused-ring (bicyclic) bond motifs is 9. The fourth-order valence-electron chi connectivity index (χ4n) is 6.27. The van der Waals surface area contributed by atoms with Gasteiger partial charge in [0.1, 0.15) is 17.8 Å². The fraction of sp³-hybridized carbons (Fsp3) is 0.548. The van der Waals surface area contributed by atoms with Gasteiger partial charge in [-0.25, -0.2) is 18.7 Å². The Morgan fingerprint density at radius 2 is 1.88 bits per heavy atom. The summed E-state index contributed by atoms with van der Waals surface area (Å²) in [4.78, 5) is 24.8. The van der Waals surface area contributed by atoms with Crippen LogP contribution < -0.4 is 10.9 Å². The van der Waals surface area contributed by atoms with Gasteiger partial charge in [-0.3, -0.25) is 9.36 Å². The minimum absolute atomic E-state index is 0.0403. The highest BCUT2D eigenvalue weighted by molar-refractivity contribution is 5.87. The Balaban J connectivity index is 1.40. The first kappa shape index (κ1) is 27.7. The van der Waals surface area contributed by atoms with E-state index in [0.29, 0.717) is 80.9 Å². The van der Waals surface area contributed by atoms with Gasteiger partial charge in [-0.15, -0.1) is 0 Å². The summed E-state index contributed by atoms with van der Waals surface area (Å²) in [6.07, 6.45) is 5.38. The van der Waals surface area contributed by atoms with Crippen LogP contribution in [-0.4, -0.2) is 52.3 Å². The third kappa shape index (κ3) is 5.33. The summed E-state index contributed by atoms with van der Waals surface area (Å²) >= 11 is 0. The number of nitriles is 1. The van der Waals surface area contributed by atoms with E-state index in [2.05, 4.69) is 26.3 Å². The molecule has 1 aliphatic carbocycles. The number of anilines is 1. The first-order chi connectivity index (χ1) is 19.8. The lowest BCUT2D eigenvalue weighted by Crippen LogP contribution is -2.40. The number of piperidine rings is 1. The van der Waals surface area contributed by atoms with Crippen molar-refractivity contribution in [2.75, 3.05) is 38.2 Å². The monoisotopic (exact) mass is 562 g/mol. The Kier molecular flexibility index (Phi) is 7.51. The molecular formula is C31H36F2N6O2.